The number of nitrogens with zero attached hydrogens (tertiary/aromatic N) is 1. The third kappa shape index (κ3) is 5.68. The van der Waals surface area contributed by atoms with E-state index in [0.717, 1.165) is 38.9 Å². The Morgan fingerprint density at radius 1 is 1.35 bits per heavy atom. The molecule has 1 rings (SSSR count). The first kappa shape index (κ1) is 14.0. The molecule has 0 aromatic carbocycles. The molecule has 0 bridgehead atoms. The Kier molecular flexibility index (Phi) is 5.97. The third-order valence-electron chi connectivity index (χ3n) is 3.33. The number of piperidine rings is 1. The summed E-state index contributed by atoms with van der Waals surface area (Å²) in [5, 5.41) is 11.3. The van der Waals surface area contributed by atoms with Gasteiger partial charge in [0.15, 0.2) is 0 Å². The smallest absolute Gasteiger partial charge is 0.303 e. The average Bonchev–Trinajstić information content (AvgIpc) is 2.30. The van der Waals surface area contributed by atoms with Gasteiger partial charge in [0.2, 0.25) is 5.91 Å². The molecule has 2 N–H and O–H groups in total. The summed E-state index contributed by atoms with van der Waals surface area (Å²) >= 11 is 0. The van der Waals surface area contributed by atoms with Crippen LogP contribution in [0.25, 0.3) is 0 Å². The lowest BCUT2D eigenvalue weighted by Gasteiger charge is -2.31. The van der Waals surface area contributed by atoms with Crippen LogP contribution in [0.4, 0.5) is 0 Å². The molecule has 0 radical (unpaired) electrons. The van der Waals surface area contributed by atoms with Crippen LogP contribution in [-0.2, 0) is 9.59 Å². The lowest BCUT2D eigenvalue weighted by molar-refractivity contribution is -0.138. The summed E-state index contributed by atoms with van der Waals surface area (Å²) in [6.45, 7) is 2.87. The van der Waals surface area contributed by atoms with Crippen molar-refractivity contribution in [3.63, 3.8) is 0 Å². The lowest BCUT2D eigenvalue weighted by Crippen LogP contribution is -2.35. The van der Waals surface area contributed by atoms with Crippen molar-refractivity contribution in [1.82, 2.24) is 10.2 Å². The Balaban J connectivity index is 2.10. The molecule has 0 aromatic rings. The van der Waals surface area contributed by atoms with Crippen molar-refractivity contribution in [3.8, 4) is 0 Å². The zero-order valence-corrected chi connectivity index (χ0v) is 10.4. The van der Waals surface area contributed by atoms with E-state index in [1.807, 2.05) is 0 Å². The van der Waals surface area contributed by atoms with Gasteiger partial charge in [0, 0.05) is 19.9 Å². The number of carboxylic acids is 1. The molecule has 1 aliphatic rings. The molecule has 1 fully saturated rings. The summed E-state index contributed by atoms with van der Waals surface area (Å²) in [6, 6.07) is 0. The van der Waals surface area contributed by atoms with Crippen molar-refractivity contribution in [2.24, 2.45) is 5.92 Å². The van der Waals surface area contributed by atoms with Crippen molar-refractivity contribution in [3.05, 3.63) is 0 Å². The second-order valence-electron chi connectivity index (χ2n) is 4.66. The van der Waals surface area contributed by atoms with Gasteiger partial charge in [-0.05, 0) is 44.8 Å². The van der Waals surface area contributed by atoms with Crippen molar-refractivity contribution >= 4 is 11.9 Å². The summed E-state index contributed by atoms with van der Waals surface area (Å²) in [6.07, 6.45) is 3.68. The highest BCUT2D eigenvalue weighted by Crippen LogP contribution is 2.20. The lowest BCUT2D eigenvalue weighted by atomic mass is 9.93. The van der Waals surface area contributed by atoms with E-state index >= 15 is 0 Å². The summed E-state index contributed by atoms with van der Waals surface area (Å²) in [5.41, 5.74) is 0. The number of carbonyl (C=O) groups excluding carboxylic acids is 1. The fourth-order valence-electron chi connectivity index (χ4n) is 2.25. The second kappa shape index (κ2) is 7.27. The minimum Gasteiger partial charge on any atom is -0.481 e. The molecular weight excluding hydrogens is 220 g/mol. The van der Waals surface area contributed by atoms with E-state index in [1.54, 1.807) is 7.05 Å². The van der Waals surface area contributed by atoms with Gasteiger partial charge in [-0.25, -0.2) is 0 Å². The number of carboxylic acid groups (broad SMARTS) is 1. The molecule has 17 heavy (non-hydrogen) atoms. The number of amides is 1. The van der Waals surface area contributed by atoms with Crippen molar-refractivity contribution in [2.75, 3.05) is 26.7 Å². The third-order valence-corrected chi connectivity index (χ3v) is 3.33. The maximum absolute atomic E-state index is 11.0. The average molecular weight is 242 g/mol. The molecule has 0 atom stereocenters. The van der Waals surface area contributed by atoms with Crippen molar-refractivity contribution in [2.45, 2.75) is 32.1 Å². The number of hydrogen-bond acceptors (Lipinski definition) is 3. The summed E-state index contributed by atoms with van der Waals surface area (Å²) < 4.78 is 0. The van der Waals surface area contributed by atoms with Crippen LogP contribution in [0.1, 0.15) is 32.1 Å². The number of rotatable bonds is 6. The molecule has 5 heteroatoms. The highest BCUT2D eigenvalue weighted by Gasteiger charge is 2.20. The quantitative estimate of drug-likeness (QED) is 0.719. The molecule has 5 nitrogen and oxygen atoms in total. The van der Waals surface area contributed by atoms with Crippen LogP contribution >= 0.6 is 0 Å². The maximum Gasteiger partial charge on any atom is 0.303 e. The molecular formula is C12H22N2O3. The maximum atomic E-state index is 11.0. The van der Waals surface area contributed by atoms with Gasteiger partial charge in [-0.15, -0.1) is 0 Å². The van der Waals surface area contributed by atoms with Gasteiger partial charge in [-0.3, -0.25) is 9.59 Å². The van der Waals surface area contributed by atoms with Gasteiger partial charge in [0.05, 0.1) is 0 Å². The van der Waals surface area contributed by atoms with E-state index in [2.05, 4.69) is 10.2 Å². The molecule has 0 unspecified atom stereocenters. The van der Waals surface area contributed by atoms with Crippen LogP contribution in [0.5, 0.6) is 0 Å². The molecule has 1 aliphatic heterocycles. The fourth-order valence-corrected chi connectivity index (χ4v) is 2.25. The predicted octanol–water partition coefficient (Wildman–Crippen LogP) is 0.699. The molecule has 98 valence electrons. The zero-order chi connectivity index (χ0) is 12.7. The van der Waals surface area contributed by atoms with E-state index in [4.69, 9.17) is 5.11 Å². The fraction of sp³-hybridized carbons (Fsp3) is 0.833. The standard InChI is InChI=1S/C12H22N2O3/c1-13-11(15)3-2-6-14-7-4-10(5-8-14)9-12(16)17/h10H,2-9H2,1H3,(H,13,15)(H,16,17). The van der Waals surface area contributed by atoms with Gasteiger partial charge in [-0.1, -0.05) is 0 Å². The van der Waals surface area contributed by atoms with Crippen LogP contribution in [0.3, 0.4) is 0 Å². The van der Waals surface area contributed by atoms with Crippen LogP contribution in [0, 0.1) is 5.92 Å². The Hall–Kier alpha value is -1.10. The normalized spacial score (nSPS) is 17.9. The van der Waals surface area contributed by atoms with Gasteiger partial charge in [0.25, 0.3) is 0 Å². The number of carbonyl (C=O) groups is 2. The Labute approximate surface area is 102 Å². The highest BCUT2D eigenvalue weighted by atomic mass is 16.4. The van der Waals surface area contributed by atoms with Crippen LogP contribution in [-0.4, -0.2) is 48.6 Å². The monoisotopic (exact) mass is 242 g/mol. The minimum atomic E-state index is -0.692. The predicted molar refractivity (Wildman–Crippen MR) is 64.7 cm³/mol. The first-order valence-corrected chi connectivity index (χ1v) is 6.26. The summed E-state index contributed by atoms with van der Waals surface area (Å²) in [4.78, 5) is 23.9. The first-order chi connectivity index (χ1) is 8.11. The number of likely N-dealkylation sites (tertiary alicyclic amines) is 1. The zero-order valence-electron chi connectivity index (χ0n) is 10.4. The molecule has 1 heterocycles. The molecule has 0 spiro atoms. The van der Waals surface area contributed by atoms with Gasteiger partial charge >= 0.3 is 5.97 Å². The van der Waals surface area contributed by atoms with Gasteiger partial charge in [-0.2, -0.15) is 0 Å². The largest absolute Gasteiger partial charge is 0.481 e. The van der Waals surface area contributed by atoms with Crippen molar-refractivity contribution < 1.29 is 14.7 Å². The Morgan fingerprint density at radius 2 is 2.00 bits per heavy atom. The van der Waals surface area contributed by atoms with E-state index in [-0.39, 0.29) is 5.91 Å². The number of nitrogens with one attached hydrogen (secondary N) is 1. The number of hydrogen-bond donors (Lipinski definition) is 2. The molecule has 1 saturated heterocycles. The highest BCUT2D eigenvalue weighted by molar-refractivity contribution is 5.75. The van der Waals surface area contributed by atoms with Crippen LogP contribution in [0.15, 0.2) is 0 Å². The van der Waals surface area contributed by atoms with E-state index in [9.17, 15) is 9.59 Å². The van der Waals surface area contributed by atoms with Crippen LogP contribution < -0.4 is 5.32 Å². The van der Waals surface area contributed by atoms with E-state index < -0.39 is 5.97 Å². The van der Waals surface area contributed by atoms with Gasteiger partial charge in [0.1, 0.15) is 0 Å². The summed E-state index contributed by atoms with van der Waals surface area (Å²) in [7, 11) is 1.65. The minimum absolute atomic E-state index is 0.0887. The first-order valence-electron chi connectivity index (χ1n) is 6.26. The topological polar surface area (TPSA) is 69.6 Å². The Morgan fingerprint density at radius 3 is 2.53 bits per heavy atom. The SMILES string of the molecule is CNC(=O)CCCN1CCC(CC(=O)O)CC1. The molecule has 0 saturated carbocycles. The van der Waals surface area contributed by atoms with Crippen LogP contribution in [0.2, 0.25) is 0 Å². The van der Waals surface area contributed by atoms with E-state index in [0.29, 0.717) is 18.8 Å². The molecule has 1 amide bonds. The molecule has 0 aromatic heterocycles. The van der Waals surface area contributed by atoms with Crippen molar-refractivity contribution in [1.29, 1.82) is 0 Å². The Bertz CT molecular complexity index is 260. The summed E-state index contributed by atoms with van der Waals surface area (Å²) in [5.74, 6) is -0.267. The van der Waals surface area contributed by atoms with E-state index in [1.165, 1.54) is 0 Å². The number of aliphatic carboxylic acids is 1. The second-order valence-corrected chi connectivity index (χ2v) is 4.66. The van der Waals surface area contributed by atoms with Gasteiger partial charge < -0.3 is 15.3 Å². The molecule has 0 aliphatic carbocycles.